The van der Waals surface area contributed by atoms with Gasteiger partial charge in [0.15, 0.2) is 0 Å². The maximum absolute atomic E-state index is 13.3. The van der Waals surface area contributed by atoms with Gasteiger partial charge in [0, 0.05) is 31.5 Å². The molecule has 1 amide bonds. The molecule has 5 rings (SSSR count). The van der Waals surface area contributed by atoms with Crippen molar-refractivity contribution >= 4 is 5.91 Å². The number of hydrogen-bond acceptors (Lipinski definition) is 3. The number of likely N-dealkylation sites (tertiary alicyclic amines) is 1. The van der Waals surface area contributed by atoms with E-state index in [9.17, 15) is 4.79 Å². The average Bonchev–Trinajstić information content (AvgIpc) is 3.30. The third kappa shape index (κ3) is 3.42. The number of nitrogens with zero attached hydrogens (tertiary/aromatic N) is 4. The highest BCUT2D eigenvalue weighted by atomic mass is 16.2. The molecular weight excluding hydrogens is 336 g/mol. The van der Waals surface area contributed by atoms with Crippen LogP contribution in [0.5, 0.6) is 0 Å². The topological polar surface area (TPSA) is 51.0 Å². The number of carbonyl (C=O) groups is 1. The summed E-state index contributed by atoms with van der Waals surface area (Å²) < 4.78 is 2.33. The first kappa shape index (κ1) is 17.7. The van der Waals surface area contributed by atoms with Crippen molar-refractivity contribution in [2.45, 2.75) is 89.5 Å². The van der Waals surface area contributed by atoms with Gasteiger partial charge >= 0.3 is 0 Å². The van der Waals surface area contributed by atoms with Gasteiger partial charge in [-0.3, -0.25) is 4.79 Å². The molecule has 5 nitrogen and oxygen atoms in total. The van der Waals surface area contributed by atoms with E-state index in [1.165, 1.54) is 70.0 Å². The van der Waals surface area contributed by atoms with Crippen molar-refractivity contribution in [2.24, 2.45) is 17.3 Å². The molecule has 1 atom stereocenters. The second-order valence-corrected chi connectivity index (χ2v) is 9.81. The molecule has 4 aliphatic rings. The van der Waals surface area contributed by atoms with Crippen LogP contribution in [0.4, 0.5) is 0 Å². The molecule has 0 radical (unpaired) electrons. The Kier molecular flexibility index (Phi) is 4.73. The summed E-state index contributed by atoms with van der Waals surface area (Å²) in [5.41, 5.74) is 0.247. The van der Waals surface area contributed by atoms with E-state index in [1.54, 1.807) is 0 Å². The number of aromatic nitrogens is 3. The van der Waals surface area contributed by atoms with E-state index in [2.05, 4.69) is 19.7 Å². The van der Waals surface area contributed by atoms with Gasteiger partial charge in [-0.05, 0) is 49.9 Å². The fourth-order valence-electron chi connectivity index (χ4n) is 6.12. The molecule has 4 fully saturated rings. The Labute approximate surface area is 162 Å². The van der Waals surface area contributed by atoms with E-state index in [0.29, 0.717) is 11.8 Å². The van der Waals surface area contributed by atoms with Crippen LogP contribution in [0, 0.1) is 17.3 Å². The molecule has 0 aromatic carbocycles. The second kappa shape index (κ2) is 7.21. The van der Waals surface area contributed by atoms with Crippen molar-refractivity contribution in [3.63, 3.8) is 0 Å². The van der Waals surface area contributed by atoms with Crippen LogP contribution < -0.4 is 0 Å². The summed E-state index contributed by atoms with van der Waals surface area (Å²) in [4.78, 5) is 15.5. The van der Waals surface area contributed by atoms with E-state index in [-0.39, 0.29) is 11.3 Å². The van der Waals surface area contributed by atoms with E-state index in [1.807, 2.05) is 6.33 Å². The van der Waals surface area contributed by atoms with Crippen LogP contribution in [0.25, 0.3) is 0 Å². The summed E-state index contributed by atoms with van der Waals surface area (Å²) in [5, 5.41) is 8.90. The Bertz CT molecular complexity index is 668. The monoisotopic (exact) mass is 370 g/mol. The van der Waals surface area contributed by atoms with Gasteiger partial charge < -0.3 is 9.47 Å². The zero-order valence-corrected chi connectivity index (χ0v) is 16.6. The largest absolute Gasteiger partial charge is 0.341 e. The van der Waals surface area contributed by atoms with E-state index >= 15 is 0 Å². The van der Waals surface area contributed by atoms with E-state index < -0.39 is 0 Å². The molecule has 1 aromatic heterocycles. The minimum Gasteiger partial charge on any atom is -0.341 e. The lowest BCUT2D eigenvalue weighted by atomic mass is 9.67. The van der Waals surface area contributed by atoms with Crippen LogP contribution in [-0.2, 0) is 11.3 Å². The highest BCUT2D eigenvalue weighted by Crippen LogP contribution is 2.52. The van der Waals surface area contributed by atoms with Gasteiger partial charge in [-0.2, -0.15) is 0 Å². The highest BCUT2D eigenvalue weighted by molar-refractivity contribution is 5.79. The summed E-state index contributed by atoms with van der Waals surface area (Å²) in [6.07, 6.45) is 17.1. The standard InChI is InChI=1S/C22H34N4O/c27-21(18-7-3-1-4-8-18)25-14-19(22(15-25)11-5-2-6-12-22)20-24-23-16-26(20)13-17-9-10-17/h16-19H,1-15H2. The maximum atomic E-state index is 13.3. The SMILES string of the molecule is O=C(C1CCCCC1)N1CC(c2nncn2CC2CC2)C2(CCCCC2)C1. The van der Waals surface area contributed by atoms with Crippen LogP contribution in [0.3, 0.4) is 0 Å². The van der Waals surface area contributed by atoms with Crippen molar-refractivity contribution in [2.75, 3.05) is 13.1 Å². The Morgan fingerprint density at radius 3 is 2.52 bits per heavy atom. The summed E-state index contributed by atoms with van der Waals surface area (Å²) >= 11 is 0. The number of amides is 1. The first-order chi connectivity index (χ1) is 13.3. The molecule has 0 bridgehead atoms. The molecule has 5 heteroatoms. The average molecular weight is 371 g/mol. The molecule has 148 valence electrons. The lowest BCUT2D eigenvalue weighted by molar-refractivity contribution is -0.136. The third-order valence-corrected chi connectivity index (χ3v) is 7.87. The Hall–Kier alpha value is -1.39. The maximum Gasteiger partial charge on any atom is 0.225 e. The lowest BCUT2D eigenvalue weighted by Crippen LogP contribution is -2.37. The van der Waals surface area contributed by atoms with Crippen LogP contribution >= 0.6 is 0 Å². The smallest absolute Gasteiger partial charge is 0.225 e. The van der Waals surface area contributed by atoms with Gasteiger partial charge in [0.2, 0.25) is 5.91 Å². The first-order valence-corrected chi connectivity index (χ1v) is 11.4. The Morgan fingerprint density at radius 2 is 1.78 bits per heavy atom. The molecule has 1 spiro atoms. The molecule has 1 aromatic rings. The summed E-state index contributed by atoms with van der Waals surface area (Å²) in [6.45, 7) is 2.91. The molecule has 0 N–H and O–H groups in total. The van der Waals surface area contributed by atoms with E-state index in [0.717, 1.165) is 38.4 Å². The fourth-order valence-corrected chi connectivity index (χ4v) is 6.12. The molecule has 3 saturated carbocycles. The normalized spacial score (nSPS) is 28.7. The Balaban J connectivity index is 1.40. The van der Waals surface area contributed by atoms with Crippen molar-refractivity contribution in [3.8, 4) is 0 Å². The molecule has 3 aliphatic carbocycles. The van der Waals surface area contributed by atoms with Gasteiger partial charge in [-0.1, -0.05) is 38.5 Å². The quantitative estimate of drug-likeness (QED) is 0.800. The van der Waals surface area contributed by atoms with Crippen molar-refractivity contribution < 1.29 is 4.79 Å². The van der Waals surface area contributed by atoms with Gasteiger partial charge in [0.1, 0.15) is 12.2 Å². The Morgan fingerprint density at radius 1 is 1.04 bits per heavy atom. The lowest BCUT2D eigenvalue weighted by Gasteiger charge is -2.37. The van der Waals surface area contributed by atoms with Crippen LogP contribution in [0.15, 0.2) is 6.33 Å². The number of carbonyl (C=O) groups excluding carboxylic acids is 1. The number of rotatable bonds is 4. The highest BCUT2D eigenvalue weighted by Gasteiger charge is 2.51. The zero-order chi connectivity index (χ0) is 18.3. The van der Waals surface area contributed by atoms with Crippen molar-refractivity contribution in [1.29, 1.82) is 0 Å². The van der Waals surface area contributed by atoms with E-state index in [4.69, 9.17) is 0 Å². The third-order valence-electron chi connectivity index (χ3n) is 7.87. The molecule has 1 saturated heterocycles. The summed E-state index contributed by atoms with van der Waals surface area (Å²) in [6, 6.07) is 0. The summed E-state index contributed by atoms with van der Waals surface area (Å²) in [7, 11) is 0. The van der Waals surface area contributed by atoms with Gasteiger partial charge in [0.05, 0.1) is 0 Å². The zero-order valence-electron chi connectivity index (χ0n) is 16.6. The van der Waals surface area contributed by atoms with Gasteiger partial charge in [0.25, 0.3) is 0 Å². The predicted octanol–water partition coefficient (Wildman–Crippen LogP) is 4.14. The first-order valence-electron chi connectivity index (χ1n) is 11.4. The molecular formula is C22H34N4O. The minimum absolute atomic E-state index is 0.247. The van der Waals surface area contributed by atoms with Crippen molar-refractivity contribution in [3.05, 3.63) is 12.2 Å². The molecule has 1 aliphatic heterocycles. The van der Waals surface area contributed by atoms with Gasteiger partial charge in [-0.25, -0.2) is 0 Å². The molecule has 27 heavy (non-hydrogen) atoms. The number of hydrogen-bond donors (Lipinski definition) is 0. The summed E-state index contributed by atoms with van der Waals surface area (Å²) in [5.74, 6) is 3.09. The fraction of sp³-hybridized carbons (Fsp3) is 0.864. The van der Waals surface area contributed by atoms with Crippen LogP contribution in [0.2, 0.25) is 0 Å². The molecule has 2 heterocycles. The van der Waals surface area contributed by atoms with Gasteiger partial charge in [-0.15, -0.1) is 10.2 Å². The van der Waals surface area contributed by atoms with Crippen LogP contribution in [-0.4, -0.2) is 38.7 Å². The van der Waals surface area contributed by atoms with Crippen LogP contribution in [0.1, 0.15) is 88.8 Å². The predicted molar refractivity (Wildman–Crippen MR) is 104 cm³/mol. The molecule has 1 unspecified atom stereocenters. The minimum atomic E-state index is 0.247. The second-order valence-electron chi connectivity index (χ2n) is 9.81. The van der Waals surface area contributed by atoms with Crippen molar-refractivity contribution in [1.82, 2.24) is 19.7 Å².